The third-order valence-electron chi connectivity index (χ3n) is 4.13. The molecule has 22 heavy (non-hydrogen) atoms. The van der Waals surface area contributed by atoms with Crippen molar-refractivity contribution in [2.45, 2.75) is 68.5 Å². The number of hydrogen-bond donors (Lipinski definition) is 6. The molecule has 0 aromatic rings. The predicted octanol–water partition coefficient (Wildman–Crippen LogP) is -3.30. The number of hydrogen-bond acceptors (Lipinski definition) is 9. The summed E-state index contributed by atoms with van der Waals surface area (Å²) in [6.45, 7) is 0.818. The van der Waals surface area contributed by atoms with Crippen molar-refractivity contribution < 1.29 is 44.8 Å². The Labute approximate surface area is 127 Å². The van der Waals surface area contributed by atoms with Crippen LogP contribution in [-0.4, -0.2) is 99.0 Å². The van der Waals surface area contributed by atoms with E-state index in [4.69, 9.17) is 19.3 Å². The first-order valence-corrected chi connectivity index (χ1v) is 7.29. The second-order valence-electron chi connectivity index (χ2n) is 5.74. The van der Waals surface area contributed by atoms with Crippen molar-refractivity contribution in [1.29, 1.82) is 0 Å². The highest BCUT2D eigenvalue weighted by Crippen LogP contribution is 2.28. The molecule has 0 spiro atoms. The van der Waals surface area contributed by atoms with Gasteiger partial charge in [-0.3, -0.25) is 0 Å². The molecule has 0 saturated carbocycles. The van der Waals surface area contributed by atoms with E-state index in [-0.39, 0.29) is 13.0 Å². The first kappa shape index (κ1) is 18.0. The summed E-state index contributed by atoms with van der Waals surface area (Å²) >= 11 is 0. The second kappa shape index (κ2) is 7.47. The maximum Gasteiger partial charge on any atom is 0.187 e. The summed E-state index contributed by atoms with van der Waals surface area (Å²) in [5.74, 6) is 0. The zero-order chi connectivity index (χ0) is 16.4. The smallest absolute Gasteiger partial charge is 0.187 e. The van der Waals surface area contributed by atoms with Crippen LogP contribution in [0.15, 0.2) is 0 Å². The molecule has 0 aromatic heterocycles. The zero-order valence-corrected chi connectivity index (χ0v) is 12.2. The first-order valence-electron chi connectivity index (χ1n) is 7.29. The minimum absolute atomic E-state index is 0.178. The number of aliphatic hydroxyl groups excluding tert-OH is 6. The molecule has 0 aromatic carbocycles. The normalized spacial score (nSPS) is 50.0. The average molecular weight is 324 g/mol. The van der Waals surface area contributed by atoms with Gasteiger partial charge < -0.3 is 44.8 Å². The standard InChI is InChI=1S/C13H24O9/c1-5-9(16)7(2-6(3-14)20-5)21-13-12(19)11(18)10(17)8(4-15)22-13/h5-19H,2-4H2,1H3/t5-,6?,7?,8?,9?,10-,11?,12?,13+/m1/s1. The molecule has 0 radical (unpaired) electrons. The Morgan fingerprint density at radius 3 is 2.18 bits per heavy atom. The number of rotatable bonds is 4. The lowest BCUT2D eigenvalue weighted by Crippen LogP contribution is -2.61. The van der Waals surface area contributed by atoms with Crippen LogP contribution in [0.25, 0.3) is 0 Å². The number of aliphatic hydroxyl groups is 6. The summed E-state index contributed by atoms with van der Waals surface area (Å²) in [6.07, 6.45) is -9.66. The second-order valence-corrected chi connectivity index (χ2v) is 5.74. The molecule has 2 rings (SSSR count). The lowest BCUT2D eigenvalue weighted by molar-refractivity contribution is -0.327. The molecule has 6 N–H and O–H groups in total. The SMILES string of the molecule is C[C@H]1OC(CO)CC(O[C@H]2OC(CO)[C@@H](O)C(O)C2O)C1O. The topological polar surface area (TPSA) is 149 Å². The van der Waals surface area contributed by atoms with Gasteiger partial charge in [0.15, 0.2) is 6.29 Å². The summed E-state index contributed by atoms with van der Waals surface area (Å²) in [5, 5.41) is 57.7. The molecule has 2 aliphatic rings. The van der Waals surface area contributed by atoms with Gasteiger partial charge in [0.2, 0.25) is 0 Å². The molecule has 0 amide bonds. The van der Waals surface area contributed by atoms with Gasteiger partial charge in [-0.05, 0) is 6.92 Å². The van der Waals surface area contributed by atoms with Crippen LogP contribution in [-0.2, 0) is 14.2 Å². The lowest BCUT2D eigenvalue weighted by atomic mass is 9.97. The Morgan fingerprint density at radius 1 is 0.909 bits per heavy atom. The van der Waals surface area contributed by atoms with E-state index in [9.17, 15) is 25.5 Å². The summed E-state index contributed by atoms with van der Waals surface area (Å²) < 4.78 is 16.1. The fourth-order valence-electron chi connectivity index (χ4n) is 2.75. The molecule has 0 aliphatic carbocycles. The molecule has 0 bridgehead atoms. The fourth-order valence-corrected chi connectivity index (χ4v) is 2.75. The number of ether oxygens (including phenoxy) is 3. The van der Waals surface area contributed by atoms with Gasteiger partial charge in [-0.2, -0.15) is 0 Å². The maximum absolute atomic E-state index is 10.1. The van der Waals surface area contributed by atoms with E-state index in [0.29, 0.717) is 0 Å². The van der Waals surface area contributed by atoms with Crippen molar-refractivity contribution >= 4 is 0 Å². The minimum atomic E-state index is -1.54. The molecule has 2 fully saturated rings. The highest BCUT2D eigenvalue weighted by atomic mass is 16.7. The predicted molar refractivity (Wildman–Crippen MR) is 70.7 cm³/mol. The van der Waals surface area contributed by atoms with Gasteiger partial charge in [-0.1, -0.05) is 0 Å². The third-order valence-corrected chi connectivity index (χ3v) is 4.13. The van der Waals surface area contributed by atoms with Crippen molar-refractivity contribution in [1.82, 2.24) is 0 Å². The Hall–Kier alpha value is -0.360. The van der Waals surface area contributed by atoms with Crippen molar-refractivity contribution in [3.8, 4) is 0 Å². The fraction of sp³-hybridized carbons (Fsp3) is 1.00. The van der Waals surface area contributed by atoms with Gasteiger partial charge >= 0.3 is 0 Å². The molecule has 9 nitrogen and oxygen atoms in total. The van der Waals surface area contributed by atoms with E-state index < -0.39 is 61.7 Å². The van der Waals surface area contributed by atoms with Gasteiger partial charge in [-0.25, -0.2) is 0 Å². The maximum atomic E-state index is 10.1. The quantitative estimate of drug-likeness (QED) is 0.313. The minimum Gasteiger partial charge on any atom is -0.394 e. The van der Waals surface area contributed by atoms with E-state index in [1.54, 1.807) is 6.92 Å². The van der Waals surface area contributed by atoms with Crippen LogP contribution < -0.4 is 0 Å². The van der Waals surface area contributed by atoms with Gasteiger partial charge in [0, 0.05) is 6.42 Å². The summed E-state index contributed by atoms with van der Waals surface area (Å²) in [7, 11) is 0. The molecular weight excluding hydrogens is 300 g/mol. The molecule has 9 atom stereocenters. The van der Waals surface area contributed by atoms with Crippen LogP contribution in [0.1, 0.15) is 13.3 Å². The van der Waals surface area contributed by atoms with E-state index in [1.165, 1.54) is 0 Å². The zero-order valence-electron chi connectivity index (χ0n) is 12.2. The monoisotopic (exact) mass is 324 g/mol. The van der Waals surface area contributed by atoms with Crippen molar-refractivity contribution in [3.63, 3.8) is 0 Å². The molecule has 6 unspecified atom stereocenters. The van der Waals surface area contributed by atoms with Crippen molar-refractivity contribution in [2.24, 2.45) is 0 Å². The van der Waals surface area contributed by atoms with Crippen molar-refractivity contribution in [3.05, 3.63) is 0 Å². The molecule has 2 saturated heterocycles. The largest absolute Gasteiger partial charge is 0.394 e. The van der Waals surface area contributed by atoms with E-state index in [2.05, 4.69) is 0 Å². The van der Waals surface area contributed by atoms with Gasteiger partial charge in [0.1, 0.15) is 30.5 Å². The Morgan fingerprint density at radius 2 is 1.59 bits per heavy atom. The molecule has 2 aliphatic heterocycles. The van der Waals surface area contributed by atoms with Gasteiger partial charge in [0.05, 0.1) is 31.5 Å². The van der Waals surface area contributed by atoms with Crippen LogP contribution >= 0.6 is 0 Å². The summed E-state index contributed by atoms with van der Waals surface area (Å²) in [6, 6.07) is 0. The Bertz CT molecular complexity index is 352. The van der Waals surface area contributed by atoms with Crippen LogP contribution in [0.2, 0.25) is 0 Å². The average Bonchev–Trinajstić information content (AvgIpc) is 2.51. The third kappa shape index (κ3) is 3.58. The molecular formula is C13H24O9. The van der Waals surface area contributed by atoms with Gasteiger partial charge in [-0.15, -0.1) is 0 Å². The van der Waals surface area contributed by atoms with E-state index in [0.717, 1.165) is 0 Å². The van der Waals surface area contributed by atoms with Crippen LogP contribution in [0.5, 0.6) is 0 Å². The Kier molecular flexibility index (Phi) is 6.11. The first-order chi connectivity index (χ1) is 10.4. The molecule has 2 heterocycles. The highest BCUT2D eigenvalue weighted by molar-refractivity contribution is 4.91. The van der Waals surface area contributed by atoms with E-state index >= 15 is 0 Å². The van der Waals surface area contributed by atoms with Crippen molar-refractivity contribution in [2.75, 3.05) is 13.2 Å². The summed E-state index contributed by atoms with van der Waals surface area (Å²) in [5.41, 5.74) is 0. The van der Waals surface area contributed by atoms with Crippen LogP contribution in [0.3, 0.4) is 0 Å². The molecule has 9 heteroatoms. The van der Waals surface area contributed by atoms with Crippen LogP contribution in [0, 0.1) is 0 Å². The van der Waals surface area contributed by atoms with E-state index in [1.807, 2.05) is 0 Å². The van der Waals surface area contributed by atoms with Crippen LogP contribution in [0.4, 0.5) is 0 Å². The lowest BCUT2D eigenvalue weighted by Gasteiger charge is -2.43. The molecule has 130 valence electrons. The van der Waals surface area contributed by atoms with Gasteiger partial charge in [0.25, 0.3) is 0 Å². The Balaban J connectivity index is 2.04. The summed E-state index contributed by atoms with van der Waals surface area (Å²) in [4.78, 5) is 0. The highest BCUT2D eigenvalue weighted by Gasteiger charge is 2.46.